The Hall–Kier alpha value is -4.95. The molecule has 0 unspecified atom stereocenters. The molecule has 8 aromatic rings. The summed E-state index contributed by atoms with van der Waals surface area (Å²) >= 11 is 8.77. The second kappa shape index (κ2) is 8.65. The molecule has 1 aromatic heterocycles. The first-order valence-electron chi connectivity index (χ1n) is 15.9. The van der Waals surface area contributed by atoms with Gasteiger partial charge in [-0.25, -0.2) is 0 Å². The molecule has 0 aliphatic heterocycles. The molecule has 0 bridgehead atoms. The number of hydrogen-bond acceptors (Lipinski definition) is 1. The molecule has 0 saturated carbocycles. The second-order valence-electron chi connectivity index (χ2n) is 12.8. The summed E-state index contributed by atoms with van der Waals surface area (Å²) in [5.41, 5.74) is 15.1. The average molecular weight is 621 g/mol. The Labute approximate surface area is 276 Å². The molecule has 3 aliphatic rings. The van der Waals surface area contributed by atoms with Crippen molar-refractivity contribution < 1.29 is 0 Å². The zero-order chi connectivity index (χ0) is 30.2. The third-order valence-corrected chi connectivity index (χ3v) is 12.5. The molecule has 0 nitrogen and oxygen atoms in total. The zero-order valence-corrected chi connectivity index (χ0v) is 26.3. The van der Waals surface area contributed by atoms with Crippen molar-refractivity contribution in [2.45, 2.75) is 10.8 Å². The van der Waals surface area contributed by atoms with Crippen LogP contribution in [-0.4, -0.2) is 0 Å². The van der Waals surface area contributed by atoms with Crippen LogP contribution >= 0.6 is 22.9 Å². The lowest BCUT2D eigenvalue weighted by Crippen LogP contribution is -2.43. The van der Waals surface area contributed by atoms with Crippen LogP contribution in [0.1, 0.15) is 44.5 Å². The van der Waals surface area contributed by atoms with Crippen molar-refractivity contribution >= 4 is 43.1 Å². The molecule has 7 aromatic carbocycles. The second-order valence-corrected chi connectivity index (χ2v) is 14.3. The molecule has 1 heterocycles. The van der Waals surface area contributed by atoms with Crippen LogP contribution in [0.2, 0.25) is 5.02 Å². The van der Waals surface area contributed by atoms with Crippen LogP contribution in [0.5, 0.6) is 0 Å². The first-order valence-corrected chi connectivity index (χ1v) is 17.1. The van der Waals surface area contributed by atoms with E-state index in [-0.39, 0.29) is 0 Å². The van der Waals surface area contributed by atoms with Crippen LogP contribution in [0.15, 0.2) is 152 Å². The van der Waals surface area contributed by atoms with Crippen molar-refractivity contribution in [1.82, 2.24) is 0 Å². The molecule has 0 fully saturated rings. The van der Waals surface area contributed by atoms with Crippen LogP contribution in [0.4, 0.5) is 0 Å². The Morgan fingerprint density at radius 1 is 0.391 bits per heavy atom. The van der Waals surface area contributed by atoms with Gasteiger partial charge in [0.05, 0.1) is 10.8 Å². The van der Waals surface area contributed by atoms with Gasteiger partial charge in [-0.15, -0.1) is 11.3 Å². The van der Waals surface area contributed by atoms with Crippen molar-refractivity contribution in [1.29, 1.82) is 0 Å². The van der Waals surface area contributed by atoms with Gasteiger partial charge in [0.25, 0.3) is 0 Å². The summed E-state index contributed by atoms with van der Waals surface area (Å²) in [5, 5.41) is 3.40. The van der Waals surface area contributed by atoms with Crippen LogP contribution in [0.25, 0.3) is 42.4 Å². The summed E-state index contributed by atoms with van der Waals surface area (Å²) < 4.78 is 2.66. The van der Waals surface area contributed by atoms with E-state index >= 15 is 0 Å². The summed E-state index contributed by atoms with van der Waals surface area (Å²) in [4.78, 5) is 0. The van der Waals surface area contributed by atoms with Crippen molar-refractivity contribution in [2.75, 3.05) is 0 Å². The summed E-state index contributed by atoms with van der Waals surface area (Å²) in [6.07, 6.45) is 0. The highest BCUT2D eigenvalue weighted by atomic mass is 35.5. The van der Waals surface area contributed by atoms with Gasteiger partial charge in [0.2, 0.25) is 0 Å². The summed E-state index contributed by atoms with van der Waals surface area (Å²) in [6.45, 7) is 0. The number of fused-ring (bicyclic) bond motifs is 20. The highest BCUT2D eigenvalue weighted by molar-refractivity contribution is 7.26. The molecule has 46 heavy (non-hydrogen) atoms. The Morgan fingerprint density at radius 2 is 0.870 bits per heavy atom. The van der Waals surface area contributed by atoms with Crippen molar-refractivity contribution in [3.63, 3.8) is 0 Å². The van der Waals surface area contributed by atoms with Crippen LogP contribution in [0, 0.1) is 0 Å². The SMILES string of the molecule is Clc1ccc2c(c1)-c1c(ccc3c1sc1ccccc13)C21c2ccccc2C2(c3ccccc3-c3ccccc32)c2ccccc21. The lowest BCUT2D eigenvalue weighted by Gasteiger charge is -2.48. The van der Waals surface area contributed by atoms with Gasteiger partial charge in [-0.05, 0) is 79.4 Å². The van der Waals surface area contributed by atoms with Crippen LogP contribution < -0.4 is 0 Å². The molecule has 11 rings (SSSR count). The van der Waals surface area contributed by atoms with Crippen LogP contribution in [-0.2, 0) is 10.8 Å². The van der Waals surface area contributed by atoms with Crippen molar-refractivity contribution in [2.24, 2.45) is 0 Å². The Balaban J connectivity index is 1.36. The molecule has 3 aliphatic carbocycles. The molecule has 0 saturated heterocycles. The van der Waals surface area contributed by atoms with E-state index < -0.39 is 10.8 Å². The van der Waals surface area contributed by atoms with Gasteiger partial charge in [0.1, 0.15) is 0 Å². The summed E-state index contributed by atoms with van der Waals surface area (Å²) in [5.74, 6) is 0. The third-order valence-electron chi connectivity index (χ3n) is 11.0. The molecule has 0 atom stereocenters. The minimum atomic E-state index is -0.496. The average Bonchev–Trinajstić information content (AvgIpc) is 3.73. The van der Waals surface area contributed by atoms with Gasteiger partial charge in [-0.2, -0.15) is 0 Å². The van der Waals surface area contributed by atoms with Gasteiger partial charge >= 0.3 is 0 Å². The Morgan fingerprint density at radius 3 is 1.50 bits per heavy atom. The predicted molar refractivity (Wildman–Crippen MR) is 193 cm³/mol. The monoisotopic (exact) mass is 620 g/mol. The standard InChI is InChI=1S/C44H25ClS/c45-26-21-23-34-31(25-26)41-39(24-22-30-29-13-3-10-20-40(29)46-42(30)41)44(34)37-18-8-6-16-35(37)43(36-17-7-9-19-38(36)44)32-14-4-1-11-27(32)28-12-2-5-15-33(28)43/h1-25H. The molecular formula is C44H25ClS. The van der Waals surface area contributed by atoms with E-state index in [1.807, 2.05) is 11.3 Å². The van der Waals surface area contributed by atoms with E-state index in [1.165, 1.54) is 86.9 Å². The first kappa shape index (κ1) is 25.3. The van der Waals surface area contributed by atoms with Gasteiger partial charge < -0.3 is 0 Å². The lowest BCUT2D eigenvalue weighted by atomic mass is 9.52. The van der Waals surface area contributed by atoms with Gasteiger partial charge in [-0.3, -0.25) is 0 Å². The minimum Gasteiger partial charge on any atom is -0.135 e. The van der Waals surface area contributed by atoms with Gasteiger partial charge in [0.15, 0.2) is 0 Å². The molecule has 214 valence electrons. The first-order chi connectivity index (χ1) is 22.7. The molecule has 0 amide bonds. The maximum Gasteiger partial charge on any atom is 0.0720 e. The highest BCUT2D eigenvalue weighted by Crippen LogP contribution is 2.68. The van der Waals surface area contributed by atoms with E-state index in [4.69, 9.17) is 11.6 Å². The molecule has 2 heteroatoms. The number of thiophene rings is 1. The van der Waals surface area contributed by atoms with Crippen molar-refractivity contribution in [3.05, 3.63) is 201 Å². The van der Waals surface area contributed by atoms with E-state index in [2.05, 4.69) is 152 Å². The largest absolute Gasteiger partial charge is 0.135 e. The fraction of sp³-hybridized carbons (Fsp3) is 0.0455. The lowest BCUT2D eigenvalue weighted by molar-refractivity contribution is 0.633. The minimum absolute atomic E-state index is 0.428. The summed E-state index contributed by atoms with van der Waals surface area (Å²) in [7, 11) is 0. The zero-order valence-electron chi connectivity index (χ0n) is 24.7. The number of halogens is 1. The summed E-state index contributed by atoms with van der Waals surface area (Å²) in [6, 6.07) is 56.9. The maximum atomic E-state index is 6.86. The topological polar surface area (TPSA) is 0 Å². The third kappa shape index (κ3) is 2.72. The Bertz CT molecular complexity index is 2530. The number of rotatable bonds is 0. The predicted octanol–water partition coefficient (Wildman–Crippen LogP) is 11.7. The number of benzene rings is 7. The van der Waals surface area contributed by atoms with E-state index in [0.717, 1.165) is 5.02 Å². The van der Waals surface area contributed by atoms with Crippen molar-refractivity contribution in [3.8, 4) is 22.3 Å². The quantitative estimate of drug-likeness (QED) is 0.158. The number of hydrogen-bond donors (Lipinski definition) is 0. The molecule has 2 spiro atoms. The van der Waals surface area contributed by atoms with E-state index in [0.29, 0.717) is 0 Å². The Kier molecular flexibility index (Phi) is 4.75. The fourth-order valence-corrected chi connectivity index (χ4v) is 11.0. The molecular weight excluding hydrogens is 596 g/mol. The van der Waals surface area contributed by atoms with E-state index in [9.17, 15) is 0 Å². The van der Waals surface area contributed by atoms with Gasteiger partial charge in [-0.1, -0.05) is 145 Å². The van der Waals surface area contributed by atoms with E-state index in [1.54, 1.807) is 0 Å². The van der Waals surface area contributed by atoms with Crippen LogP contribution in [0.3, 0.4) is 0 Å². The van der Waals surface area contributed by atoms with Gasteiger partial charge in [0, 0.05) is 30.8 Å². The normalized spacial score (nSPS) is 15.4. The fourth-order valence-electron chi connectivity index (χ4n) is 9.52. The highest BCUT2D eigenvalue weighted by Gasteiger charge is 2.59. The molecule has 0 radical (unpaired) electrons. The smallest absolute Gasteiger partial charge is 0.0720 e. The molecule has 0 N–H and O–H groups in total. The maximum absolute atomic E-state index is 6.86.